The molecule has 4 rings (SSSR count). The smallest absolute Gasteiger partial charge is 0.329 e. The van der Waals surface area contributed by atoms with E-state index in [1.165, 1.54) is 14.7 Å². The maximum absolute atomic E-state index is 12.6. The van der Waals surface area contributed by atoms with Gasteiger partial charge in [0.25, 0.3) is 5.91 Å². The van der Waals surface area contributed by atoms with Crippen LogP contribution in [0.2, 0.25) is 0 Å². The first kappa shape index (κ1) is 30.5. The number of ether oxygens (including phenoxy) is 3. The SMILES string of the molecule is O=C(O)COCC(=O)N(CCOCCN1C(=O)c2ccccc2C1O)CCOCCN1C(O)c2ccccc2C1O. The van der Waals surface area contributed by atoms with Gasteiger partial charge < -0.3 is 44.4 Å². The molecule has 2 heterocycles. The Kier molecular flexibility index (Phi) is 10.8. The van der Waals surface area contributed by atoms with Crippen molar-refractivity contribution in [1.82, 2.24) is 14.7 Å². The molecular weight excluding hydrogens is 538 g/mol. The number of carboxylic acids is 1. The number of nitrogens with zero attached hydrogens (tertiary/aromatic N) is 3. The van der Waals surface area contributed by atoms with Crippen LogP contribution >= 0.6 is 0 Å². The van der Waals surface area contributed by atoms with E-state index in [1.54, 1.807) is 48.5 Å². The number of rotatable bonds is 16. The third kappa shape index (κ3) is 7.45. The topological polar surface area (TPSA) is 170 Å². The molecule has 0 spiro atoms. The Balaban J connectivity index is 1.19. The Hall–Kier alpha value is -3.43. The zero-order chi connectivity index (χ0) is 29.4. The Labute approximate surface area is 237 Å². The molecule has 3 unspecified atom stereocenters. The highest BCUT2D eigenvalue weighted by Gasteiger charge is 2.36. The molecule has 0 bridgehead atoms. The van der Waals surface area contributed by atoms with Gasteiger partial charge >= 0.3 is 5.97 Å². The van der Waals surface area contributed by atoms with Gasteiger partial charge in [0.1, 0.15) is 25.7 Å². The van der Waals surface area contributed by atoms with Crippen molar-refractivity contribution in [2.75, 3.05) is 65.8 Å². The molecule has 13 heteroatoms. The van der Waals surface area contributed by atoms with Gasteiger partial charge in [-0.3, -0.25) is 9.59 Å². The van der Waals surface area contributed by atoms with Crippen molar-refractivity contribution in [1.29, 1.82) is 0 Å². The van der Waals surface area contributed by atoms with E-state index >= 15 is 0 Å². The molecule has 13 nitrogen and oxygen atoms in total. The Morgan fingerprint density at radius 1 is 0.732 bits per heavy atom. The number of carbonyl (C=O) groups excluding carboxylic acids is 2. The van der Waals surface area contributed by atoms with Crippen LogP contribution in [0.5, 0.6) is 0 Å². The molecule has 2 amide bonds. The summed E-state index contributed by atoms with van der Waals surface area (Å²) in [6.45, 7) is 0.291. The van der Waals surface area contributed by atoms with Crippen LogP contribution in [0.25, 0.3) is 0 Å². The predicted molar refractivity (Wildman–Crippen MR) is 142 cm³/mol. The summed E-state index contributed by atoms with van der Waals surface area (Å²) in [5, 5.41) is 40.2. The molecule has 0 aliphatic carbocycles. The standard InChI is InChI=1S/C28H35N3O10/c32-23(17-41-18-24(33)34)29(9-13-39-15-11-30-25(35)19-5-1-2-6-20(19)26(30)36)10-14-40-16-12-31-27(37)21-7-3-4-8-22(21)28(31)38/h1-8,25-27,35-37H,9-18H2,(H,33,34). The summed E-state index contributed by atoms with van der Waals surface area (Å²) in [5.41, 5.74) is 2.29. The summed E-state index contributed by atoms with van der Waals surface area (Å²) in [7, 11) is 0. The van der Waals surface area contributed by atoms with Gasteiger partial charge in [-0.1, -0.05) is 42.5 Å². The number of hydrogen-bond donors (Lipinski definition) is 4. The zero-order valence-electron chi connectivity index (χ0n) is 22.5. The fourth-order valence-corrected chi connectivity index (χ4v) is 4.86. The lowest BCUT2D eigenvalue weighted by molar-refractivity contribution is -0.146. The average molecular weight is 574 g/mol. The minimum atomic E-state index is -1.19. The van der Waals surface area contributed by atoms with Gasteiger partial charge in [-0.2, -0.15) is 0 Å². The maximum atomic E-state index is 12.6. The van der Waals surface area contributed by atoms with Gasteiger partial charge in [0.15, 0.2) is 6.23 Å². The molecule has 0 fully saturated rings. The number of carboxylic acid groups (broad SMARTS) is 1. The van der Waals surface area contributed by atoms with Gasteiger partial charge in [-0.05, 0) is 6.07 Å². The first-order chi connectivity index (χ1) is 19.8. The number of aliphatic carboxylic acids is 1. The molecule has 0 radical (unpaired) electrons. The van der Waals surface area contributed by atoms with E-state index in [2.05, 4.69) is 0 Å². The summed E-state index contributed by atoms with van der Waals surface area (Å²) < 4.78 is 16.2. The quantitative estimate of drug-likeness (QED) is 0.201. The van der Waals surface area contributed by atoms with Crippen LogP contribution in [0.15, 0.2) is 48.5 Å². The zero-order valence-corrected chi connectivity index (χ0v) is 22.5. The Bertz CT molecular complexity index is 1180. The number of carbonyl (C=O) groups is 3. The second-order valence-electron chi connectivity index (χ2n) is 9.57. The molecule has 4 N–H and O–H groups in total. The van der Waals surface area contributed by atoms with E-state index in [0.717, 1.165) is 0 Å². The van der Waals surface area contributed by atoms with Crippen molar-refractivity contribution in [2.24, 2.45) is 0 Å². The van der Waals surface area contributed by atoms with Crippen LogP contribution in [-0.2, 0) is 23.8 Å². The second-order valence-corrected chi connectivity index (χ2v) is 9.57. The Morgan fingerprint density at radius 3 is 1.88 bits per heavy atom. The maximum Gasteiger partial charge on any atom is 0.329 e. The number of benzene rings is 2. The minimum Gasteiger partial charge on any atom is -0.480 e. The molecule has 0 saturated heterocycles. The van der Waals surface area contributed by atoms with Gasteiger partial charge in [0.2, 0.25) is 5.91 Å². The van der Waals surface area contributed by atoms with E-state index in [1.807, 2.05) is 0 Å². The van der Waals surface area contributed by atoms with Crippen molar-refractivity contribution in [3.05, 3.63) is 70.8 Å². The molecule has 2 aliphatic heterocycles. The highest BCUT2D eigenvalue weighted by Crippen LogP contribution is 2.38. The molecule has 2 aliphatic rings. The summed E-state index contributed by atoms with van der Waals surface area (Å²) in [5.74, 6) is -1.91. The predicted octanol–water partition coefficient (Wildman–Crippen LogP) is 0.0939. The monoisotopic (exact) mass is 573 g/mol. The highest BCUT2D eigenvalue weighted by molar-refractivity contribution is 5.98. The van der Waals surface area contributed by atoms with Crippen LogP contribution in [0.1, 0.15) is 45.7 Å². The van der Waals surface area contributed by atoms with Crippen LogP contribution in [0.4, 0.5) is 0 Å². The van der Waals surface area contributed by atoms with Crippen LogP contribution in [0.3, 0.4) is 0 Å². The van der Waals surface area contributed by atoms with E-state index in [0.29, 0.717) is 22.3 Å². The van der Waals surface area contributed by atoms with Crippen molar-refractivity contribution in [3.63, 3.8) is 0 Å². The lowest BCUT2D eigenvalue weighted by Gasteiger charge is -2.25. The van der Waals surface area contributed by atoms with Crippen molar-refractivity contribution in [2.45, 2.75) is 18.7 Å². The molecule has 2 aromatic carbocycles. The molecule has 41 heavy (non-hydrogen) atoms. The molecule has 3 atom stereocenters. The first-order valence-corrected chi connectivity index (χ1v) is 13.3. The van der Waals surface area contributed by atoms with E-state index < -0.39 is 43.8 Å². The average Bonchev–Trinajstić information content (AvgIpc) is 3.35. The third-order valence-electron chi connectivity index (χ3n) is 6.99. The van der Waals surface area contributed by atoms with Gasteiger partial charge in [0, 0.05) is 48.4 Å². The van der Waals surface area contributed by atoms with Crippen LogP contribution in [0, 0.1) is 0 Å². The van der Waals surface area contributed by atoms with Gasteiger partial charge in [-0.15, -0.1) is 0 Å². The fraction of sp³-hybridized carbons (Fsp3) is 0.464. The lowest BCUT2D eigenvalue weighted by atomic mass is 10.1. The highest BCUT2D eigenvalue weighted by atomic mass is 16.5. The molecular formula is C28H35N3O10. The number of hydrogen-bond acceptors (Lipinski definition) is 10. The number of aliphatic hydroxyl groups is 3. The summed E-state index contributed by atoms with van der Waals surface area (Å²) in [6.07, 6.45) is -2.93. The molecule has 2 aromatic rings. The normalized spacial score (nSPS) is 19.8. The van der Waals surface area contributed by atoms with E-state index in [9.17, 15) is 29.7 Å². The van der Waals surface area contributed by atoms with Crippen molar-refractivity contribution in [3.8, 4) is 0 Å². The Morgan fingerprint density at radius 2 is 1.29 bits per heavy atom. The van der Waals surface area contributed by atoms with E-state index in [4.69, 9.17) is 19.3 Å². The van der Waals surface area contributed by atoms with Gasteiger partial charge in [-0.25, -0.2) is 9.69 Å². The fourth-order valence-electron chi connectivity index (χ4n) is 4.86. The largest absolute Gasteiger partial charge is 0.480 e. The second kappa shape index (κ2) is 14.5. The van der Waals surface area contributed by atoms with Crippen molar-refractivity contribution < 1.29 is 49.0 Å². The van der Waals surface area contributed by atoms with Crippen molar-refractivity contribution >= 4 is 17.8 Å². The molecule has 0 aromatic heterocycles. The minimum absolute atomic E-state index is 0.125. The number of amides is 2. The lowest BCUT2D eigenvalue weighted by Crippen LogP contribution is -2.40. The summed E-state index contributed by atoms with van der Waals surface area (Å²) in [4.78, 5) is 40.1. The first-order valence-electron chi connectivity index (χ1n) is 13.3. The molecule has 0 saturated carbocycles. The van der Waals surface area contributed by atoms with Gasteiger partial charge in [0.05, 0.1) is 26.4 Å². The van der Waals surface area contributed by atoms with Crippen LogP contribution < -0.4 is 0 Å². The van der Waals surface area contributed by atoms with E-state index in [-0.39, 0.29) is 58.5 Å². The summed E-state index contributed by atoms with van der Waals surface area (Å²) in [6, 6.07) is 13.9. The van der Waals surface area contributed by atoms with Crippen LogP contribution in [-0.4, -0.2) is 119 Å². The number of aliphatic hydroxyl groups excluding tert-OH is 3. The molecule has 222 valence electrons. The third-order valence-corrected chi connectivity index (χ3v) is 6.99. The summed E-state index contributed by atoms with van der Waals surface area (Å²) >= 11 is 0. The number of fused-ring (bicyclic) bond motifs is 2.